The number of amides is 1. The average molecular weight is 326 g/mol. The predicted octanol–water partition coefficient (Wildman–Crippen LogP) is 2.58. The van der Waals surface area contributed by atoms with Crippen LogP contribution < -0.4 is 5.32 Å². The van der Waals surface area contributed by atoms with E-state index in [1.807, 2.05) is 0 Å². The molecule has 0 atom stereocenters. The van der Waals surface area contributed by atoms with Crippen LogP contribution in [-0.2, 0) is 9.53 Å². The van der Waals surface area contributed by atoms with Crippen molar-refractivity contribution in [1.82, 2.24) is 9.97 Å². The van der Waals surface area contributed by atoms with E-state index in [2.05, 4.69) is 15.3 Å². The van der Waals surface area contributed by atoms with Crippen LogP contribution in [0.4, 0.5) is 5.82 Å². The van der Waals surface area contributed by atoms with Gasteiger partial charge in [-0.15, -0.1) is 0 Å². The maximum atomic E-state index is 11.6. The molecule has 8 heteroatoms. The fraction of sp³-hybridized carbons (Fsp3) is 0.0769. The van der Waals surface area contributed by atoms with Crippen molar-refractivity contribution in [2.24, 2.45) is 0 Å². The molecule has 0 saturated carbocycles. The molecule has 0 aliphatic carbocycles. The fourth-order valence-electron chi connectivity index (χ4n) is 1.36. The van der Waals surface area contributed by atoms with Crippen LogP contribution in [0, 0.1) is 0 Å². The van der Waals surface area contributed by atoms with Gasteiger partial charge in [-0.1, -0.05) is 29.3 Å². The highest BCUT2D eigenvalue weighted by Gasteiger charge is 2.12. The van der Waals surface area contributed by atoms with Crippen LogP contribution in [0.2, 0.25) is 10.0 Å². The highest BCUT2D eigenvalue weighted by atomic mass is 35.5. The van der Waals surface area contributed by atoms with Crippen molar-refractivity contribution in [3.8, 4) is 0 Å². The standard InChI is InChI=1S/C13H9Cl2N3O3/c14-8-5-9(15)12(17-6-8)18-11(19)7-21-13(20)10-3-1-2-4-16-10/h1-6H,7H2,(H,17,18,19). The molecule has 108 valence electrons. The molecule has 0 fully saturated rings. The molecule has 0 bridgehead atoms. The summed E-state index contributed by atoms with van der Waals surface area (Å²) in [5.74, 6) is -1.13. The molecule has 0 saturated heterocycles. The van der Waals surface area contributed by atoms with Crippen LogP contribution in [0.1, 0.15) is 10.5 Å². The Morgan fingerprint density at radius 2 is 2.05 bits per heavy atom. The number of ether oxygens (including phenoxy) is 1. The lowest BCUT2D eigenvalue weighted by Crippen LogP contribution is -2.22. The Hall–Kier alpha value is -2.18. The molecule has 6 nitrogen and oxygen atoms in total. The Kier molecular flexibility index (Phi) is 5.08. The number of halogens is 2. The highest BCUT2D eigenvalue weighted by Crippen LogP contribution is 2.22. The zero-order chi connectivity index (χ0) is 15.2. The van der Waals surface area contributed by atoms with Gasteiger partial charge in [-0.2, -0.15) is 0 Å². The first kappa shape index (κ1) is 15.2. The third kappa shape index (κ3) is 4.40. The number of nitrogens with one attached hydrogen (secondary N) is 1. The zero-order valence-corrected chi connectivity index (χ0v) is 12.1. The van der Waals surface area contributed by atoms with Crippen LogP contribution in [0.25, 0.3) is 0 Å². The first-order valence-corrected chi connectivity index (χ1v) is 6.51. The molecule has 0 aliphatic rings. The van der Waals surface area contributed by atoms with Crippen molar-refractivity contribution in [3.05, 3.63) is 52.4 Å². The third-order valence-electron chi connectivity index (χ3n) is 2.27. The van der Waals surface area contributed by atoms with Crippen molar-refractivity contribution in [1.29, 1.82) is 0 Å². The summed E-state index contributed by atoms with van der Waals surface area (Å²) in [5, 5.41) is 2.94. The minimum Gasteiger partial charge on any atom is -0.451 e. The minimum absolute atomic E-state index is 0.118. The van der Waals surface area contributed by atoms with Crippen molar-refractivity contribution in [3.63, 3.8) is 0 Å². The van der Waals surface area contributed by atoms with E-state index in [-0.39, 0.29) is 16.5 Å². The molecule has 1 N–H and O–H groups in total. The molecule has 0 unspecified atom stereocenters. The number of hydrogen-bond acceptors (Lipinski definition) is 5. The van der Waals surface area contributed by atoms with Gasteiger partial charge in [0.1, 0.15) is 5.69 Å². The summed E-state index contributed by atoms with van der Waals surface area (Å²) in [6.45, 7) is -0.476. The number of carbonyl (C=O) groups excluding carboxylic acids is 2. The lowest BCUT2D eigenvalue weighted by molar-refractivity contribution is -0.119. The van der Waals surface area contributed by atoms with E-state index in [1.54, 1.807) is 12.1 Å². The van der Waals surface area contributed by atoms with E-state index in [1.165, 1.54) is 24.5 Å². The number of carbonyl (C=O) groups is 2. The van der Waals surface area contributed by atoms with E-state index in [0.717, 1.165) is 0 Å². The largest absolute Gasteiger partial charge is 0.451 e. The van der Waals surface area contributed by atoms with Gasteiger partial charge in [0.05, 0.1) is 10.0 Å². The molecule has 2 heterocycles. The van der Waals surface area contributed by atoms with Crippen molar-refractivity contribution < 1.29 is 14.3 Å². The molecular weight excluding hydrogens is 317 g/mol. The summed E-state index contributed by atoms with van der Waals surface area (Å²) in [4.78, 5) is 30.9. The van der Waals surface area contributed by atoms with E-state index in [9.17, 15) is 9.59 Å². The lowest BCUT2D eigenvalue weighted by Gasteiger charge is -2.07. The van der Waals surface area contributed by atoms with Crippen LogP contribution >= 0.6 is 23.2 Å². The molecule has 1 amide bonds. The Labute approximate surface area is 130 Å². The Morgan fingerprint density at radius 3 is 2.71 bits per heavy atom. The Morgan fingerprint density at radius 1 is 1.24 bits per heavy atom. The summed E-state index contributed by atoms with van der Waals surface area (Å²) in [5.41, 5.74) is 0.118. The molecule has 0 spiro atoms. The van der Waals surface area contributed by atoms with Gasteiger partial charge in [0.25, 0.3) is 5.91 Å². The van der Waals surface area contributed by atoms with Crippen LogP contribution in [-0.4, -0.2) is 28.5 Å². The molecule has 2 aromatic heterocycles. The predicted molar refractivity (Wildman–Crippen MR) is 77.4 cm³/mol. The van der Waals surface area contributed by atoms with Crippen LogP contribution in [0.5, 0.6) is 0 Å². The second kappa shape index (κ2) is 7.01. The van der Waals surface area contributed by atoms with Gasteiger partial charge in [0.2, 0.25) is 0 Å². The number of aromatic nitrogens is 2. The summed E-state index contributed by atoms with van der Waals surface area (Å²) in [6, 6.07) is 6.22. The maximum absolute atomic E-state index is 11.6. The summed E-state index contributed by atoms with van der Waals surface area (Å²) >= 11 is 11.5. The molecular formula is C13H9Cl2N3O3. The fourth-order valence-corrected chi connectivity index (χ4v) is 1.79. The first-order chi connectivity index (χ1) is 10.1. The average Bonchev–Trinajstić information content (AvgIpc) is 2.48. The van der Waals surface area contributed by atoms with E-state index >= 15 is 0 Å². The van der Waals surface area contributed by atoms with Gasteiger partial charge >= 0.3 is 5.97 Å². The number of pyridine rings is 2. The molecule has 2 aromatic rings. The van der Waals surface area contributed by atoms with Crippen molar-refractivity contribution in [2.45, 2.75) is 0 Å². The molecule has 0 radical (unpaired) electrons. The number of hydrogen-bond donors (Lipinski definition) is 1. The zero-order valence-electron chi connectivity index (χ0n) is 10.5. The molecule has 0 aromatic carbocycles. The minimum atomic E-state index is -0.694. The third-order valence-corrected chi connectivity index (χ3v) is 2.77. The van der Waals surface area contributed by atoms with Crippen LogP contribution in [0.3, 0.4) is 0 Å². The van der Waals surface area contributed by atoms with E-state index in [0.29, 0.717) is 5.02 Å². The van der Waals surface area contributed by atoms with Gasteiger partial charge in [-0.3, -0.25) is 4.79 Å². The highest BCUT2D eigenvalue weighted by molar-refractivity contribution is 6.36. The van der Waals surface area contributed by atoms with E-state index < -0.39 is 18.5 Å². The van der Waals surface area contributed by atoms with E-state index in [4.69, 9.17) is 27.9 Å². The van der Waals surface area contributed by atoms with Gasteiger partial charge in [-0.05, 0) is 18.2 Å². The smallest absolute Gasteiger partial charge is 0.357 e. The number of esters is 1. The van der Waals surface area contributed by atoms with Gasteiger partial charge in [0, 0.05) is 12.4 Å². The van der Waals surface area contributed by atoms with Gasteiger partial charge in [-0.25, -0.2) is 14.8 Å². The maximum Gasteiger partial charge on any atom is 0.357 e. The number of rotatable bonds is 4. The Balaban J connectivity index is 1.89. The number of nitrogens with zero attached hydrogens (tertiary/aromatic N) is 2. The normalized spacial score (nSPS) is 10.0. The monoisotopic (exact) mass is 325 g/mol. The number of anilines is 1. The van der Waals surface area contributed by atoms with Crippen molar-refractivity contribution in [2.75, 3.05) is 11.9 Å². The lowest BCUT2D eigenvalue weighted by atomic mass is 10.3. The van der Waals surface area contributed by atoms with Gasteiger partial charge in [0.15, 0.2) is 12.4 Å². The summed E-state index contributed by atoms with van der Waals surface area (Å²) in [6.07, 6.45) is 2.79. The molecule has 21 heavy (non-hydrogen) atoms. The summed E-state index contributed by atoms with van der Waals surface area (Å²) < 4.78 is 4.82. The van der Waals surface area contributed by atoms with Crippen LogP contribution in [0.15, 0.2) is 36.7 Å². The molecule has 0 aliphatic heterocycles. The van der Waals surface area contributed by atoms with Crippen molar-refractivity contribution >= 4 is 40.9 Å². The first-order valence-electron chi connectivity index (χ1n) is 5.75. The molecule has 2 rings (SSSR count). The van der Waals surface area contributed by atoms with Gasteiger partial charge < -0.3 is 10.1 Å². The topological polar surface area (TPSA) is 81.2 Å². The summed E-state index contributed by atoms with van der Waals surface area (Å²) in [7, 11) is 0. The second-order valence-electron chi connectivity index (χ2n) is 3.82. The quantitative estimate of drug-likeness (QED) is 0.874. The second-order valence-corrected chi connectivity index (χ2v) is 4.67. The SMILES string of the molecule is O=C(COC(=O)c1ccccn1)Nc1ncc(Cl)cc1Cl. The Bertz CT molecular complexity index is 665.